The van der Waals surface area contributed by atoms with Crippen LogP contribution < -0.4 is 15.8 Å². The van der Waals surface area contributed by atoms with E-state index in [-0.39, 0.29) is 17.2 Å². The number of thioether (sulfide) groups is 1. The molecule has 160 valence electrons. The van der Waals surface area contributed by atoms with Crippen molar-refractivity contribution >= 4 is 51.5 Å². The van der Waals surface area contributed by atoms with Crippen LogP contribution in [-0.2, 0) is 11.3 Å². The lowest BCUT2D eigenvalue weighted by Crippen LogP contribution is -2.23. The molecule has 0 spiro atoms. The molecule has 0 bridgehead atoms. The van der Waals surface area contributed by atoms with Gasteiger partial charge in [-0.1, -0.05) is 29.4 Å². The Bertz CT molecular complexity index is 1170. The van der Waals surface area contributed by atoms with E-state index in [2.05, 4.69) is 21.8 Å². The average molecular weight is 455 g/mol. The quantitative estimate of drug-likeness (QED) is 0.322. The van der Waals surface area contributed by atoms with Gasteiger partial charge in [-0.05, 0) is 55.3 Å². The molecule has 1 fully saturated rings. The summed E-state index contributed by atoms with van der Waals surface area (Å²) in [5.41, 5.74) is 2.26. The van der Waals surface area contributed by atoms with Crippen molar-refractivity contribution in [2.75, 3.05) is 29.1 Å². The van der Waals surface area contributed by atoms with E-state index < -0.39 is 0 Å². The zero-order valence-electron chi connectivity index (χ0n) is 17.0. The number of benzene rings is 2. The van der Waals surface area contributed by atoms with Gasteiger partial charge in [0.15, 0.2) is 5.16 Å². The first-order valence-corrected chi connectivity index (χ1v) is 11.5. The van der Waals surface area contributed by atoms with E-state index in [9.17, 15) is 9.59 Å². The highest BCUT2D eigenvalue weighted by atomic mass is 35.5. The minimum Gasteiger partial charge on any atom is -0.372 e. The molecule has 8 heteroatoms. The van der Waals surface area contributed by atoms with Crippen LogP contribution in [0.1, 0.15) is 12.8 Å². The van der Waals surface area contributed by atoms with E-state index in [1.807, 2.05) is 24.3 Å². The number of aromatic nitrogens is 2. The largest absolute Gasteiger partial charge is 0.372 e. The van der Waals surface area contributed by atoms with E-state index >= 15 is 0 Å². The van der Waals surface area contributed by atoms with Crippen molar-refractivity contribution in [1.29, 1.82) is 0 Å². The summed E-state index contributed by atoms with van der Waals surface area (Å²) >= 11 is 7.27. The Labute approximate surface area is 189 Å². The molecular weight excluding hydrogens is 432 g/mol. The molecule has 0 unspecified atom stereocenters. The SMILES string of the molecule is C=CCn1c(SCC(=O)Nc2ccc(N3CCCC3)cc2)nc2cc(Cl)ccc2c1=O. The number of hydrogen-bond acceptors (Lipinski definition) is 5. The molecule has 0 radical (unpaired) electrons. The van der Waals surface area contributed by atoms with Crippen LogP contribution in [0, 0.1) is 0 Å². The molecule has 1 aliphatic rings. The number of nitrogens with zero attached hydrogens (tertiary/aromatic N) is 3. The number of hydrogen-bond donors (Lipinski definition) is 1. The Balaban J connectivity index is 1.46. The zero-order chi connectivity index (χ0) is 21.8. The minimum absolute atomic E-state index is 0.129. The normalized spacial score (nSPS) is 13.5. The van der Waals surface area contributed by atoms with Gasteiger partial charge in [-0.25, -0.2) is 4.98 Å². The van der Waals surface area contributed by atoms with Gasteiger partial charge < -0.3 is 10.2 Å². The topological polar surface area (TPSA) is 67.2 Å². The van der Waals surface area contributed by atoms with E-state index in [1.54, 1.807) is 24.3 Å². The molecule has 6 nitrogen and oxygen atoms in total. The van der Waals surface area contributed by atoms with Crippen molar-refractivity contribution in [3.05, 3.63) is 70.5 Å². The van der Waals surface area contributed by atoms with E-state index in [0.29, 0.717) is 27.6 Å². The Kier molecular flexibility index (Phi) is 6.63. The second-order valence-corrected chi connectivity index (χ2v) is 8.72. The molecule has 1 N–H and O–H groups in total. The molecule has 2 heterocycles. The van der Waals surface area contributed by atoms with Crippen molar-refractivity contribution in [3.63, 3.8) is 0 Å². The summed E-state index contributed by atoms with van der Waals surface area (Å²) in [6.07, 6.45) is 4.08. The number of carbonyl (C=O) groups excluding carboxylic acids is 1. The van der Waals surface area contributed by atoms with Crippen molar-refractivity contribution in [3.8, 4) is 0 Å². The van der Waals surface area contributed by atoms with Gasteiger partial charge >= 0.3 is 0 Å². The fraction of sp³-hybridized carbons (Fsp3) is 0.261. The van der Waals surface area contributed by atoms with E-state index in [1.165, 1.54) is 34.9 Å². The van der Waals surface area contributed by atoms with Crippen LogP contribution in [0.25, 0.3) is 10.9 Å². The number of rotatable bonds is 7. The number of anilines is 2. The van der Waals surface area contributed by atoms with Crippen molar-refractivity contribution in [1.82, 2.24) is 9.55 Å². The van der Waals surface area contributed by atoms with Gasteiger partial charge in [0, 0.05) is 36.0 Å². The maximum absolute atomic E-state index is 12.8. The molecule has 2 aromatic carbocycles. The van der Waals surface area contributed by atoms with Crippen molar-refractivity contribution in [2.45, 2.75) is 24.5 Å². The number of halogens is 1. The fourth-order valence-electron chi connectivity index (χ4n) is 3.63. The molecule has 0 aliphatic carbocycles. The highest BCUT2D eigenvalue weighted by Crippen LogP contribution is 2.23. The standard InChI is InChI=1S/C23H23ClN4O2S/c1-2-11-28-22(30)19-10-5-16(24)14-20(19)26-23(28)31-15-21(29)25-17-6-8-18(9-7-17)27-12-3-4-13-27/h2,5-10,14H,1,3-4,11-13,15H2,(H,25,29). The molecule has 1 aliphatic heterocycles. The van der Waals surface area contributed by atoms with Crippen LogP contribution in [0.5, 0.6) is 0 Å². The van der Waals surface area contributed by atoms with E-state index in [0.717, 1.165) is 18.8 Å². The van der Waals surface area contributed by atoms with Gasteiger partial charge in [-0.15, -0.1) is 6.58 Å². The van der Waals surface area contributed by atoms with Gasteiger partial charge in [0.05, 0.1) is 16.7 Å². The van der Waals surface area contributed by atoms with Gasteiger partial charge in [0.25, 0.3) is 5.56 Å². The van der Waals surface area contributed by atoms with Crippen LogP contribution in [0.15, 0.2) is 65.1 Å². The van der Waals surface area contributed by atoms with Crippen LogP contribution in [0.2, 0.25) is 5.02 Å². The summed E-state index contributed by atoms with van der Waals surface area (Å²) in [6, 6.07) is 12.9. The van der Waals surface area contributed by atoms with Crippen molar-refractivity contribution < 1.29 is 4.79 Å². The van der Waals surface area contributed by atoms with Gasteiger partial charge in [0.1, 0.15) is 0 Å². The number of nitrogens with one attached hydrogen (secondary N) is 1. The molecule has 1 aromatic heterocycles. The number of carbonyl (C=O) groups is 1. The molecule has 1 amide bonds. The van der Waals surface area contributed by atoms with Crippen molar-refractivity contribution in [2.24, 2.45) is 0 Å². The lowest BCUT2D eigenvalue weighted by molar-refractivity contribution is -0.113. The predicted molar refractivity (Wildman–Crippen MR) is 128 cm³/mol. The fourth-order valence-corrected chi connectivity index (χ4v) is 4.61. The first-order valence-electron chi connectivity index (χ1n) is 10.1. The summed E-state index contributed by atoms with van der Waals surface area (Å²) in [5, 5.41) is 4.36. The van der Waals surface area contributed by atoms with Crippen LogP contribution in [-0.4, -0.2) is 34.3 Å². The lowest BCUT2D eigenvalue weighted by Gasteiger charge is -2.17. The van der Waals surface area contributed by atoms with Gasteiger partial charge in [-0.2, -0.15) is 0 Å². The highest BCUT2D eigenvalue weighted by Gasteiger charge is 2.14. The summed E-state index contributed by atoms with van der Waals surface area (Å²) in [4.78, 5) is 32.2. The summed E-state index contributed by atoms with van der Waals surface area (Å²) in [6.45, 7) is 6.19. The third-order valence-corrected chi connectivity index (χ3v) is 6.36. The first-order chi connectivity index (χ1) is 15.0. The number of allylic oxidation sites excluding steroid dienone is 1. The average Bonchev–Trinajstić information content (AvgIpc) is 3.30. The van der Waals surface area contributed by atoms with Gasteiger partial charge in [0.2, 0.25) is 5.91 Å². The van der Waals surface area contributed by atoms with E-state index in [4.69, 9.17) is 11.6 Å². The molecular formula is C23H23ClN4O2S. The molecule has 31 heavy (non-hydrogen) atoms. The highest BCUT2D eigenvalue weighted by molar-refractivity contribution is 7.99. The molecule has 0 atom stereocenters. The summed E-state index contributed by atoms with van der Waals surface area (Å²) in [5.74, 6) is -0.0340. The lowest BCUT2D eigenvalue weighted by atomic mass is 10.2. The van der Waals surface area contributed by atoms with Gasteiger partial charge in [-0.3, -0.25) is 14.2 Å². The number of fused-ring (bicyclic) bond motifs is 1. The Morgan fingerprint density at radius 3 is 2.65 bits per heavy atom. The predicted octanol–water partition coefficient (Wildman–Crippen LogP) is 4.57. The zero-order valence-corrected chi connectivity index (χ0v) is 18.6. The molecule has 0 saturated carbocycles. The summed E-state index contributed by atoms with van der Waals surface area (Å²) in [7, 11) is 0. The third-order valence-electron chi connectivity index (χ3n) is 5.15. The monoisotopic (exact) mass is 454 g/mol. The molecule has 1 saturated heterocycles. The Morgan fingerprint density at radius 1 is 1.19 bits per heavy atom. The van der Waals surface area contributed by atoms with Crippen LogP contribution in [0.3, 0.4) is 0 Å². The van der Waals surface area contributed by atoms with Crippen LogP contribution in [0.4, 0.5) is 11.4 Å². The second-order valence-electron chi connectivity index (χ2n) is 7.34. The Hall–Kier alpha value is -2.77. The second kappa shape index (κ2) is 9.58. The summed E-state index contributed by atoms with van der Waals surface area (Å²) < 4.78 is 1.52. The Morgan fingerprint density at radius 2 is 1.94 bits per heavy atom. The molecule has 3 aromatic rings. The maximum Gasteiger partial charge on any atom is 0.262 e. The number of amides is 1. The minimum atomic E-state index is -0.179. The van der Waals surface area contributed by atoms with Crippen LogP contribution >= 0.6 is 23.4 Å². The molecule has 4 rings (SSSR count). The maximum atomic E-state index is 12.8. The first kappa shape index (κ1) is 21.5. The third kappa shape index (κ3) is 4.94. The smallest absolute Gasteiger partial charge is 0.262 e.